The summed E-state index contributed by atoms with van der Waals surface area (Å²) in [6.07, 6.45) is 2.20. The van der Waals surface area contributed by atoms with Crippen LogP contribution < -0.4 is 9.62 Å². The highest BCUT2D eigenvalue weighted by Gasteiger charge is 2.32. The molecule has 0 saturated carbocycles. The third kappa shape index (κ3) is 8.13. The van der Waals surface area contributed by atoms with Gasteiger partial charge < -0.3 is 10.2 Å². The van der Waals surface area contributed by atoms with Crippen molar-refractivity contribution in [3.05, 3.63) is 62.7 Å². The van der Waals surface area contributed by atoms with E-state index >= 15 is 0 Å². The molecular formula is C24H31ClIN3O4S. The summed E-state index contributed by atoms with van der Waals surface area (Å²) in [6, 6.07) is 13.1. The molecule has 0 aliphatic rings. The Balaban J connectivity index is 2.41. The van der Waals surface area contributed by atoms with Gasteiger partial charge in [0.25, 0.3) is 0 Å². The average Bonchev–Trinajstić information content (AvgIpc) is 2.78. The largest absolute Gasteiger partial charge is 0.352 e. The predicted octanol–water partition coefficient (Wildman–Crippen LogP) is 4.43. The molecule has 2 amide bonds. The Morgan fingerprint density at radius 3 is 2.12 bits per heavy atom. The molecule has 1 N–H and O–H groups in total. The van der Waals surface area contributed by atoms with Crippen molar-refractivity contribution in [2.45, 2.75) is 52.2 Å². The van der Waals surface area contributed by atoms with Crippen molar-refractivity contribution in [3.8, 4) is 0 Å². The van der Waals surface area contributed by atoms with Gasteiger partial charge in [-0.15, -0.1) is 0 Å². The van der Waals surface area contributed by atoms with Crippen molar-refractivity contribution in [2.75, 3.05) is 17.1 Å². The summed E-state index contributed by atoms with van der Waals surface area (Å²) >= 11 is 8.13. The van der Waals surface area contributed by atoms with Crippen LogP contribution in [0, 0.1) is 3.57 Å². The third-order valence-corrected chi connectivity index (χ3v) is 7.56. The number of nitrogens with zero attached hydrogens (tertiary/aromatic N) is 2. The molecule has 2 aromatic carbocycles. The van der Waals surface area contributed by atoms with Gasteiger partial charge in [0, 0.05) is 21.2 Å². The lowest BCUT2D eigenvalue weighted by atomic mass is 10.1. The molecule has 2 rings (SSSR count). The smallest absolute Gasteiger partial charge is 0.244 e. The maximum Gasteiger partial charge on any atom is 0.244 e. The molecule has 186 valence electrons. The van der Waals surface area contributed by atoms with Crippen molar-refractivity contribution < 1.29 is 18.0 Å². The maximum absolute atomic E-state index is 13.6. The van der Waals surface area contributed by atoms with E-state index in [1.807, 2.05) is 20.8 Å². The Morgan fingerprint density at radius 2 is 1.62 bits per heavy atom. The van der Waals surface area contributed by atoms with Crippen LogP contribution in [0.4, 0.5) is 5.69 Å². The number of sulfonamides is 1. The molecule has 0 unspecified atom stereocenters. The van der Waals surface area contributed by atoms with E-state index in [9.17, 15) is 18.0 Å². The number of amides is 2. The molecule has 0 aromatic heterocycles. The highest BCUT2D eigenvalue weighted by Crippen LogP contribution is 2.21. The maximum atomic E-state index is 13.6. The lowest BCUT2D eigenvalue weighted by Gasteiger charge is -2.33. The van der Waals surface area contributed by atoms with E-state index in [1.165, 1.54) is 4.90 Å². The predicted molar refractivity (Wildman–Crippen MR) is 145 cm³/mol. The van der Waals surface area contributed by atoms with Gasteiger partial charge in [0.15, 0.2) is 0 Å². The second kappa shape index (κ2) is 12.7. The Bertz CT molecular complexity index is 1080. The minimum atomic E-state index is -3.75. The molecule has 0 saturated heterocycles. The van der Waals surface area contributed by atoms with E-state index in [0.29, 0.717) is 17.1 Å². The van der Waals surface area contributed by atoms with E-state index in [-0.39, 0.29) is 18.5 Å². The number of halogens is 2. The number of hydrogen-bond donors (Lipinski definition) is 1. The van der Waals surface area contributed by atoms with E-state index in [2.05, 4.69) is 27.9 Å². The molecule has 10 heteroatoms. The summed E-state index contributed by atoms with van der Waals surface area (Å²) in [5.74, 6) is -0.732. The summed E-state index contributed by atoms with van der Waals surface area (Å²) in [7, 11) is -3.75. The summed E-state index contributed by atoms with van der Waals surface area (Å²) < 4.78 is 27.2. The van der Waals surface area contributed by atoms with E-state index in [0.717, 1.165) is 26.1 Å². The summed E-state index contributed by atoms with van der Waals surface area (Å²) in [5.41, 5.74) is 1.17. The first-order valence-electron chi connectivity index (χ1n) is 11.0. The Labute approximate surface area is 221 Å². The Hall–Kier alpha value is -1.85. The molecule has 0 fully saturated rings. The first kappa shape index (κ1) is 28.4. The van der Waals surface area contributed by atoms with Gasteiger partial charge in [-0.3, -0.25) is 13.9 Å². The molecule has 0 heterocycles. The van der Waals surface area contributed by atoms with Gasteiger partial charge in [0.1, 0.15) is 12.6 Å². The minimum absolute atomic E-state index is 0.0478. The highest BCUT2D eigenvalue weighted by molar-refractivity contribution is 14.1. The molecule has 0 aliphatic heterocycles. The fraction of sp³-hybridized carbons (Fsp3) is 0.417. The van der Waals surface area contributed by atoms with Crippen LogP contribution in [0.2, 0.25) is 5.02 Å². The molecule has 0 spiro atoms. The molecule has 0 bridgehead atoms. The lowest BCUT2D eigenvalue weighted by molar-refractivity contribution is -0.140. The van der Waals surface area contributed by atoms with Gasteiger partial charge in [-0.1, -0.05) is 37.6 Å². The van der Waals surface area contributed by atoms with Gasteiger partial charge >= 0.3 is 0 Å². The number of rotatable bonds is 11. The number of carbonyl (C=O) groups is 2. The van der Waals surface area contributed by atoms with E-state index < -0.39 is 28.5 Å². The van der Waals surface area contributed by atoms with Crippen molar-refractivity contribution in [1.82, 2.24) is 10.2 Å². The van der Waals surface area contributed by atoms with Crippen LogP contribution in [0.3, 0.4) is 0 Å². The molecule has 0 radical (unpaired) electrons. The monoisotopic (exact) mass is 619 g/mol. The van der Waals surface area contributed by atoms with Gasteiger partial charge in [-0.2, -0.15) is 0 Å². The lowest BCUT2D eigenvalue weighted by Crippen LogP contribution is -2.53. The van der Waals surface area contributed by atoms with Crippen LogP contribution in [0.25, 0.3) is 0 Å². The zero-order valence-corrected chi connectivity index (χ0v) is 23.5. The van der Waals surface area contributed by atoms with Crippen molar-refractivity contribution in [1.29, 1.82) is 0 Å². The standard InChI is InChI=1S/C24H31ClIN3O4S/c1-5-17(3)27-24(31)22(6-2)28(15-18-7-9-19(25)10-8-18)23(30)16-29(34(4,32)33)21-13-11-20(26)12-14-21/h7-14,17,22H,5-6,15-16H2,1-4H3,(H,27,31)/t17-,22-/m0/s1. The summed E-state index contributed by atoms with van der Waals surface area (Å²) in [6.45, 7) is 5.43. The normalized spacial score (nSPS) is 13.1. The molecule has 34 heavy (non-hydrogen) atoms. The van der Waals surface area contributed by atoms with Crippen LogP contribution in [0.15, 0.2) is 48.5 Å². The van der Waals surface area contributed by atoms with Gasteiger partial charge in [-0.05, 0) is 84.3 Å². The number of carbonyl (C=O) groups excluding carboxylic acids is 2. The number of anilines is 1. The molecule has 7 nitrogen and oxygen atoms in total. The second-order valence-corrected chi connectivity index (χ2v) is 11.7. The van der Waals surface area contributed by atoms with Gasteiger partial charge in [0.2, 0.25) is 21.8 Å². The van der Waals surface area contributed by atoms with Crippen LogP contribution in [0.5, 0.6) is 0 Å². The van der Waals surface area contributed by atoms with E-state index in [4.69, 9.17) is 11.6 Å². The van der Waals surface area contributed by atoms with Crippen LogP contribution in [-0.2, 0) is 26.2 Å². The zero-order chi connectivity index (χ0) is 25.5. The van der Waals surface area contributed by atoms with E-state index in [1.54, 1.807) is 48.5 Å². The molecule has 2 aromatic rings. The first-order chi connectivity index (χ1) is 16.0. The summed E-state index contributed by atoms with van der Waals surface area (Å²) in [4.78, 5) is 28.1. The Morgan fingerprint density at radius 1 is 1.03 bits per heavy atom. The van der Waals surface area contributed by atoms with Crippen molar-refractivity contribution >= 4 is 61.7 Å². The highest BCUT2D eigenvalue weighted by atomic mass is 127. The van der Waals surface area contributed by atoms with Crippen molar-refractivity contribution in [3.63, 3.8) is 0 Å². The quantitative estimate of drug-likeness (QED) is 0.377. The third-order valence-electron chi connectivity index (χ3n) is 5.45. The second-order valence-electron chi connectivity index (χ2n) is 8.14. The van der Waals surface area contributed by atoms with Crippen LogP contribution in [0.1, 0.15) is 39.2 Å². The molecule has 0 aliphatic carbocycles. The van der Waals surface area contributed by atoms with Gasteiger partial charge in [-0.25, -0.2) is 8.42 Å². The number of hydrogen-bond acceptors (Lipinski definition) is 4. The van der Waals surface area contributed by atoms with Crippen LogP contribution >= 0.6 is 34.2 Å². The number of benzene rings is 2. The van der Waals surface area contributed by atoms with Crippen molar-refractivity contribution in [2.24, 2.45) is 0 Å². The number of nitrogens with one attached hydrogen (secondary N) is 1. The SMILES string of the molecule is CC[C@H](C)NC(=O)[C@H](CC)N(Cc1ccc(Cl)cc1)C(=O)CN(c1ccc(I)cc1)S(C)(=O)=O. The molecular weight excluding hydrogens is 589 g/mol. The fourth-order valence-electron chi connectivity index (χ4n) is 3.37. The van der Waals surface area contributed by atoms with Gasteiger partial charge in [0.05, 0.1) is 11.9 Å². The zero-order valence-electron chi connectivity index (χ0n) is 19.8. The Kier molecular flexibility index (Phi) is 10.6. The first-order valence-corrected chi connectivity index (χ1v) is 14.3. The molecule has 2 atom stereocenters. The topological polar surface area (TPSA) is 86.8 Å². The minimum Gasteiger partial charge on any atom is -0.352 e. The summed E-state index contributed by atoms with van der Waals surface area (Å²) in [5, 5.41) is 3.51. The van der Waals surface area contributed by atoms with Crippen LogP contribution in [-0.4, -0.2) is 50.0 Å². The average molecular weight is 620 g/mol. The fourth-order valence-corrected chi connectivity index (χ4v) is 4.70.